The zero-order chi connectivity index (χ0) is 21.7. The number of hydrogen-bond donors (Lipinski definition) is 2. The summed E-state index contributed by atoms with van der Waals surface area (Å²) in [5, 5.41) is 4.69. The van der Waals surface area contributed by atoms with Gasteiger partial charge in [0.25, 0.3) is 0 Å². The normalized spacial score (nSPS) is 16.1. The van der Waals surface area contributed by atoms with Gasteiger partial charge in [-0.05, 0) is 17.7 Å². The third-order valence-corrected chi connectivity index (χ3v) is 4.91. The van der Waals surface area contributed by atoms with Crippen LogP contribution < -0.4 is 15.5 Å². The Hall–Kier alpha value is -3.14. The molecule has 30 heavy (non-hydrogen) atoms. The number of halogens is 3. The van der Waals surface area contributed by atoms with Crippen LogP contribution in [0.15, 0.2) is 48.7 Å². The number of amides is 3. The van der Waals surface area contributed by atoms with Gasteiger partial charge in [0.2, 0.25) is 5.91 Å². The highest BCUT2D eigenvalue weighted by atomic mass is 19.4. The molecule has 160 valence electrons. The molecular formula is C20H22F3N5O2. The van der Waals surface area contributed by atoms with Gasteiger partial charge in [-0.1, -0.05) is 30.3 Å². The molecule has 2 heterocycles. The number of anilines is 1. The minimum atomic E-state index is -4.43. The Morgan fingerprint density at radius 1 is 1.03 bits per heavy atom. The van der Waals surface area contributed by atoms with Gasteiger partial charge in [-0.15, -0.1) is 0 Å². The Morgan fingerprint density at radius 3 is 2.23 bits per heavy atom. The van der Waals surface area contributed by atoms with Gasteiger partial charge in [0.15, 0.2) is 0 Å². The summed E-state index contributed by atoms with van der Waals surface area (Å²) >= 11 is 0. The number of piperazine rings is 1. The number of urea groups is 1. The molecule has 0 bridgehead atoms. The van der Waals surface area contributed by atoms with E-state index in [1.165, 1.54) is 13.1 Å². The van der Waals surface area contributed by atoms with Gasteiger partial charge >= 0.3 is 12.2 Å². The van der Waals surface area contributed by atoms with E-state index in [1.54, 1.807) is 0 Å². The van der Waals surface area contributed by atoms with E-state index in [0.717, 1.165) is 17.8 Å². The van der Waals surface area contributed by atoms with E-state index < -0.39 is 29.7 Å². The predicted molar refractivity (Wildman–Crippen MR) is 105 cm³/mol. The van der Waals surface area contributed by atoms with Crippen molar-refractivity contribution < 1.29 is 22.8 Å². The monoisotopic (exact) mass is 421 g/mol. The fourth-order valence-corrected chi connectivity index (χ4v) is 3.36. The van der Waals surface area contributed by atoms with E-state index >= 15 is 0 Å². The number of nitrogens with one attached hydrogen (secondary N) is 2. The summed E-state index contributed by atoms with van der Waals surface area (Å²) in [5.74, 6) is 0.00961. The Labute approximate surface area is 171 Å². The van der Waals surface area contributed by atoms with Crippen LogP contribution in [-0.4, -0.2) is 55.0 Å². The molecule has 3 amide bonds. The standard InChI is InChI=1S/C20H22F3N5O2/c1-24-19(30)26-18(29)17(14-5-3-2-4-6-14)28-11-9-27(10-12-28)16-8-7-15(13-25-16)20(21,22)23/h2-8,13,17H,9-12H2,1H3,(H2,24,26,29,30)/t17-/m1/s1. The molecule has 3 rings (SSSR count). The Bertz CT molecular complexity index is 866. The van der Waals surface area contributed by atoms with Crippen molar-refractivity contribution in [3.8, 4) is 0 Å². The fourth-order valence-electron chi connectivity index (χ4n) is 3.36. The van der Waals surface area contributed by atoms with Crippen molar-refractivity contribution in [2.45, 2.75) is 12.2 Å². The first-order valence-corrected chi connectivity index (χ1v) is 9.39. The smallest absolute Gasteiger partial charge is 0.354 e. The van der Waals surface area contributed by atoms with Crippen molar-refractivity contribution in [1.29, 1.82) is 0 Å². The number of pyridine rings is 1. The molecule has 0 saturated carbocycles. The second kappa shape index (κ2) is 9.12. The Balaban J connectivity index is 1.71. The quantitative estimate of drug-likeness (QED) is 0.793. The zero-order valence-electron chi connectivity index (χ0n) is 16.3. The van der Waals surface area contributed by atoms with Crippen LogP contribution in [0.25, 0.3) is 0 Å². The number of hydrogen-bond acceptors (Lipinski definition) is 5. The van der Waals surface area contributed by atoms with Crippen LogP contribution in [0.3, 0.4) is 0 Å². The number of nitrogens with zero attached hydrogens (tertiary/aromatic N) is 3. The first-order chi connectivity index (χ1) is 14.3. The second-order valence-corrected chi connectivity index (χ2v) is 6.81. The molecule has 10 heteroatoms. The van der Waals surface area contributed by atoms with Gasteiger partial charge in [0.1, 0.15) is 11.9 Å². The maximum absolute atomic E-state index is 12.7. The molecule has 1 aliphatic heterocycles. The average Bonchev–Trinajstić information content (AvgIpc) is 2.74. The van der Waals surface area contributed by atoms with Crippen molar-refractivity contribution in [3.05, 3.63) is 59.8 Å². The highest BCUT2D eigenvalue weighted by molar-refractivity contribution is 5.97. The first-order valence-electron chi connectivity index (χ1n) is 9.39. The molecule has 1 aromatic heterocycles. The summed E-state index contributed by atoms with van der Waals surface area (Å²) in [6.07, 6.45) is -3.60. The van der Waals surface area contributed by atoms with Gasteiger partial charge in [0.05, 0.1) is 5.56 Å². The summed E-state index contributed by atoms with van der Waals surface area (Å²) in [6.45, 7) is 1.91. The van der Waals surface area contributed by atoms with Crippen molar-refractivity contribution in [3.63, 3.8) is 0 Å². The minimum Gasteiger partial charge on any atom is -0.354 e. The van der Waals surface area contributed by atoms with E-state index in [1.807, 2.05) is 40.1 Å². The number of benzene rings is 1. The summed E-state index contributed by atoms with van der Waals surface area (Å²) in [5.41, 5.74) is -0.0418. The Morgan fingerprint density at radius 2 is 1.70 bits per heavy atom. The molecule has 0 unspecified atom stereocenters. The summed E-state index contributed by atoms with van der Waals surface area (Å²) in [6, 6.07) is 10.2. The zero-order valence-corrected chi connectivity index (χ0v) is 16.3. The molecule has 1 aromatic carbocycles. The van der Waals surface area contributed by atoms with Crippen LogP contribution in [0, 0.1) is 0 Å². The van der Waals surface area contributed by atoms with Crippen molar-refractivity contribution >= 4 is 17.8 Å². The van der Waals surface area contributed by atoms with Crippen molar-refractivity contribution in [2.75, 3.05) is 38.1 Å². The lowest BCUT2D eigenvalue weighted by molar-refractivity contribution is -0.137. The van der Waals surface area contributed by atoms with E-state index in [9.17, 15) is 22.8 Å². The van der Waals surface area contributed by atoms with Crippen molar-refractivity contribution in [2.24, 2.45) is 0 Å². The van der Waals surface area contributed by atoms with E-state index in [0.29, 0.717) is 32.0 Å². The highest BCUT2D eigenvalue weighted by Gasteiger charge is 2.33. The molecule has 2 N–H and O–H groups in total. The van der Waals surface area contributed by atoms with Crippen LogP contribution >= 0.6 is 0 Å². The number of alkyl halides is 3. The second-order valence-electron chi connectivity index (χ2n) is 6.81. The molecule has 0 aliphatic carbocycles. The Kier molecular flexibility index (Phi) is 6.56. The third-order valence-electron chi connectivity index (χ3n) is 4.91. The molecule has 1 saturated heterocycles. The summed E-state index contributed by atoms with van der Waals surface area (Å²) in [7, 11) is 1.43. The maximum atomic E-state index is 12.7. The number of carbonyl (C=O) groups is 2. The SMILES string of the molecule is CNC(=O)NC(=O)[C@@H](c1ccccc1)N1CCN(c2ccc(C(F)(F)F)cn2)CC1. The number of imide groups is 1. The number of aromatic nitrogens is 1. The highest BCUT2D eigenvalue weighted by Crippen LogP contribution is 2.30. The predicted octanol–water partition coefficient (Wildman–Crippen LogP) is 2.42. The lowest BCUT2D eigenvalue weighted by Crippen LogP contribution is -2.52. The molecule has 0 radical (unpaired) electrons. The van der Waals surface area contributed by atoms with Gasteiger partial charge in [-0.25, -0.2) is 9.78 Å². The van der Waals surface area contributed by atoms with Crippen LogP contribution in [0.1, 0.15) is 17.2 Å². The fraction of sp³-hybridized carbons (Fsp3) is 0.350. The van der Waals surface area contributed by atoms with Crippen LogP contribution in [0.5, 0.6) is 0 Å². The summed E-state index contributed by atoms with van der Waals surface area (Å²) in [4.78, 5) is 32.1. The van der Waals surface area contributed by atoms with Gasteiger partial charge < -0.3 is 10.2 Å². The topological polar surface area (TPSA) is 77.6 Å². The molecule has 0 spiro atoms. The largest absolute Gasteiger partial charge is 0.417 e. The lowest BCUT2D eigenvalue weighted by atomic mass is 10.0. The van der Waals surface area contributed by atoms with Crippen LogP contribution in [0.4, 0.5) is 23.8 Å². The maximum Gasteiger partial charge on any atom is 0.417 e. The molecule has 1 atom stereocenters. The molecule has 2 aromatic rings. The molecule has 1 aliphatic rings. The third kappa shape index (κ3) is 5.07. The van der Waals surface area contributed by atoms with Crippen LogP contribution in [-0.2, 0) is 11.0 Å². The molecule has 1 fully saturated rings. The minimum absolute atomic E-state index is 0.443. The van der Waals surface area contributed by atoms with E-state index in [4.69, 9.17) is 0 Å². The average molecular weight is 421 g/mol. The first kappa shape index (κ1) is 21.6. The van der Waals surface area contributed by atoms with E-state index in [2.05, 4.69) is 15.6 Å². The van der Waals surface area contributed by atoms with Gasteiger partial charge in [-0.2, -0.15) is 13.2 Å². The lowest BCUT2D eigenvalue weighted by Gasteiger charge is -2.39. The van der Waals surface area contributed by atoms with Crippen LogP contribution in [0.2, 0.25) is 0 Å². The summed E-state index contributed by atoms with van der Waals surface area (Å²) < 4.78 is 38.2. The molecule has 7 nitrogen and oxygen atoms in total. The molecular weight excluding hydrogens is 399 g/mol. The number of rotatable bonds is 4. The van der Waals surface area contributed by atoms with Gasteiger partial charge in [-0.3, -0.25) is 15.0 Å². The van der Waals surface area contributed by atoms with E-state index in [-0.39, 0.29) is 0 Å². The number of carbonyl (C=O) groups excluding carboxylic acids is 2. The van der Waals surface area contributed by atoms with Gasteiger partial charge in [0, 0.05) is 39.4 Å². The van der Waals surface area contributed by atoms with Crippen molar-refractivity contribution in [1.82, 2.24) is 20.5 Å².